The van der Waals surface area contributed by atoms with Gasteiger partial charge in [-0.25, -0.2) is 9.59 Å². The number of hydrogen-bond donors (Lipinski definition) is 5. The highest BCUT2D eigenvalue weighted by Crippen LogP contribution is 2.78. The molecule has 7 atom stereocenters. The SMILES string of the molecule is CCC1[C@H](Sc2n[nH]c(C(F)(F)F)n2)[C@@H]2[C@@H](C(=O)O)[C@@]2(CC)[C@]1(NC(=O)C(C)NC(=O)OC(C)(C)C)C(=O)O. The van der Waals surface area contributed by atoms with E-state index >= 15 is 0 Å². The molecule has 0 aromatic carbocycles. The summed E-state index contributed by atoms with van der Waals surface area (Å²) < 4.78 is 44.4. The molecule has 2 aliphatic carbocycles. The predicted octanol–water partition coefficient (Wildman–Crippen LogP) is 2.90. The Labute approximate surface area is 226 Å². The molecule has 1 aromatic heterocycles. The van der Waals surface area contributed by atoms with E-state index in [1.807, 2.05) is 0 Å². The van der Waals surface area contributed by atoms with Crippen molar-refractivity contribution in [2.75, 3.05) is 0 Å². The number of thioether (sulfide) groups is 1. The number of amides is 2. The summed E-state index contributed by atoms with van der Waals surface area (Å²) in [6.07, 6.45) is -5.52. The van der Waals surface area contributed by atoms with E-state index in [-0.39, 0.29) is 18.0 Å². The number of fused-ring (bicyclic) bond motifs is 1. The Morgan fingerprint density at radius 2 is 1.79 bits per heavy atom. The van der Waals surface area contributed by atoms with Crippen molar-refractivity contribution in [3.05, 3.63) is 5.82 Å². The number of alkyl carbamates (subject to hydrolysis) is 1. The number of aromatic amines is 1. The van der Waals surface area contributed by atoms with Gasteiger partial charge in [0.25, 0.3) is 0 Å². The van der Waals surface area contributed by atoms with Gasteiger partial charge in [-0.1, -0.05) is 25.6 Å². The molecule has 1 heterocycles. The van der Waals surface area contributed by atoms with E-state index in [0.717, 1.165) is 11.8 Å². The smallest absolute Gasteiger partial charge is 0.451 e. The minimum atomic E-state index is -4.79. The monoisotopic (exact) mass is 579 g/mol. The first kappa shape index (κ1) is 30.5. The number of H-pyrrole nitrogens is 1. The highest BCUT2D eigenvalue weighted by molar-refractivity contribution is 7.99. The number of carbonyl (C=O) groups is 4. The first-order valence-electron chi connectivity index (χ1n) is 12.3. The normalized spacial score (nSPS) is 30.7. The van der Waals surface area contributed by atoms with Crippen LogP contribution in [0.5, 0.6) is 0 Å². The highest BCUT2D eigenvalue weighted by atomic mass is 32.2. The summed E-state index contributed by atoms with van der Waals surface area (Å²) in [4.78, 5) is 54.3. The Hall–Kier alpha value is -3.04. The van der Waals surface area contributed by atoms with Crippen molar-refractivity contribution in [3.63, 3.8) is 0 Å². The van der Waals surface area contributed by atoms with Crippen LogP contribution in [0, 0.1) is 23.2 Å². The fraction of sp³-hybridized carbons (Fsp3) is 0.739. The molecule has 3 rings (SSSR count). The minimum Gasteiger partial charge on any atom is -0.481 e. The molecule has 0 bridgehead atoms. The van der Waals surface area contributed by atoms with E-state index in [0.29, 0.717) is 0 Å². The number of carboxylic acid groups (broad SMARTS) is 2. The van der Waals surface area contributed by atoms with Gasteiger partial charge in [-0.3, -0.25) is 14.7 Å². The number of carboxylic acids is 2. The number of nitrogens with zero attached hydrogens (tertiary/aromatic N) is 2. The van der Waals surface area contributed by atoms with Crippen LogP contribution in [0.25, 0.3) is 0 Å². The number of ether oxygens (including phenoxy) is 1. The van der Waals surface area contributed by atoms with Gasteiger partial charge in [-0.15, -0.1) is 5.10 Å². The lowest BCUT2D eigenvalue weighted by Crippen LogP contribution is -2.67. The fourth-order valence-electron chi connectivity index (χ4n) is 6.12. The molecule has 0 radical (unpaired) electrons. The van der Waals surface area contributed by atoms with E-state index in [1.165, 1.54) is 6.92 Å². The van der Waals surface area contributed by atoms with Gasteiger partial charge in [0, 0.05) is 16.6 Å². The number of nitrogens with one attached hydrogen (secondary N) is 3. The third-order valence-electron chi connectivity index (χ3n) is 7.49. The van der Waals surface area contributed by atoms with Gasteiger partial charge in [-0.05, 0) is 46.5 Å². The summed E-state index contributed by atoms with van der Waals surface area (Å²) in [7, 11) is 0. The third kappa shape index (κ3) is 5.14. The lowest BCUT2D eigenvalue weighted by Gasteiger charge is -2.42. The van der Waals surface area contributed by atoms with E-state index in [2.05, 4.69) is 20.7 Å². The Bertz CT molecular complexity index is 1160. The fourth-order valence-corrected chi connectivity index (χ4v) is 7.72. The van der Waals surface area contributed by atoms with Gasteiger partial charge in [0.15, 0.2) is 0 Å². The maximum atomic E-state index is 13.3. The molecule has 0 saturated heterocycles. The largest absolute Gasteiger partial charge is 0.481 e. The molecule has 2 amide bonds. The number of aromatic nitrogens is 3. The first-order chi connectivity index (χ1) is 17.9. The Balaban J connectivity index is 2.01. The quantitative estimate of drug-likeness (QED) is 0.291. The molecule has 2 aliphatic rings. The Kier molecular flexibility index (Phi) is 7.95. The van der Waals surface area contributed by atoms with Gasteiger partial charge < -0.3 is 25.6 Å². The molecule has 1 aromatic rings. The average Bonchev–Trinajstić information content (AvgIpc) is 3.12. The van der Waals surface area contributed by atoms with Crippen molar-refractivity contribution in [2.45, 2.75) is 88.1 Å². The van der Waals surface area contributed by atoms with Crippen LogP contribution in [0.2, 0.25) is 0 Å². The van der Waals surface area contributed by atoms with Crippen LogP contribution in [-0.2, 0) is 25.3 Å². The lowest BCUT2D eigenvalue weighted by molar-refractivity contribution is -0.156. The second kappa shape index (κ2) is 10.2. The summed E-state index contributed by atoms with van der Waals surface area (Å²) in [5.74, 6) is -7.91. The molecular formula is C23H32F3N5O7S. The molecule has 2 unspecified atom stereocenters. The number of aliphatic carboxylic acids is 2. The molecule has 2 saturated carbocycles. The molecule has 12 nitrogen and oxygen atoms in total. The van der Waals surface area contributed by atoms with Gasteiger partial charge in [0.2, 0.25) is 16.9 Å². The molecular weight excluding hydrogens is 547 g/mol. The van der Waals surface area contributed by atoms with E-state index in [4.69, 9.17) is 4.74 Å². The standard InChI is InChI=1S/C23H32F3N5O7S/c1-7-10-13(39-18-28-16(30-31-18)23(24,25)26)11-12(15(33)34)21(11,8-2)22(10,17(35)36)29-14(32)9(3)27-19(37)38-20(4,5)6/h9-13H,7-8H2,1-6H3,(H,27,37)(H,29,32)(H,33,34)(H,35,36)(H,28,30,31)/t9?,10?,11-,12-,13-,21-,22+/m0/s1. The summed E-state index contributed by atoms with van der Waals surface area (Å²) in [5.41, 5.74) is -4.42. The van der Waals surface area contributed by atoms with Gasteiger partial charge >= 0.3 is 24.2 Å². The number of hydrogen-bond acceptors (Lipinski definition) is 8. The Morgan fingerprint density at radius 3 is 2.23 bits per heavy atom. The summed E-state index contributed by atoms with van der Waals surface area (Å²) >= 11 is 0.757. The minimum absolute atomic E-state index is 0.0461. The van der Waals surface area contributed by atoms with E-state index in [9.17, 15) is 42.6 Å². The van der Waals surface area contributed by atoms with Crippen LogP contribution < -0.4 is 10.6 Å². The van der Waals surface area contributed by atoms with E-state index in [1.54, 1.807) is 39.7 Å². The van der Waals surface area contributed by atoms with Crippen LogP contribution >= 0.6 is 11.8 Å². The number of carbonyl (C=O) groups excluding carboxylic acids is 2. The summed E-state index contributed by atoms with van der Waals surface area (Å²) in [6, 6.07) is -1.25. The molecule has 0 aliphatic heterocycles. The predicted molar refractivity (Wildman–Crippen MR) is 129 cm³/mol. The molecule has 218 valence electrons. The average molecular weight is 580 g/mol. The zero-order valence-electron chi connectivity index (χ0n) is 22.2. The van der Waals surface area contributed by atoms with Gasteiger partial charge in [0.1, 0.15) is 17.2 Å². The molecule has 2 fully saturated rings. The number of alkyl halides is 3. The second-order valence-corrected chi connectivity index (χ2v) is 11.9. The van der Waals surface area contributed by atoms with Crippen molar-refractivity contribution in [2.24, 2.45) is 23.2 Å². The maximum Gasteiger partial charge on any atom is 0.451 e. The first-order valence-corrected chi connectivity index (χ1v) is 13.2. The van der Waals surface area contributed by atoms with Gasteiger partial charge in [0.05, 0.1) is 5.92 Å². The zero-order valence-corrected chi connectivity index (χ0v) is 23.0. The second-order valence-electron chi connectivity index (χ2n) is 10.8. The van der Waals surface area contributed by atoms with Crippen molar-refractivity contribution in [1.82, 2.24) is 25.8 Å². The summed E-state index contributed by atoms with van der Waals surface area (Å²) in [5, 5.41) is 29.7. The number of halogens is 3. The van der Waals surface area contributed by atoms with Crippen molar-refractivity contribution >= 4 is 35.7 Å². The van der Waals surface area contributed by atoms with Crippen LogP contribution in [0.3, 0.4) is 0 Å². The maximum absolute atomic E-state index is 13.3. The molecule has 39 heavy (non-hydrogen) atoms. The number of rotatable bonds is 9. The highest BCUT2D eigenvalue weighted by Gasteiger charge is 2.87. The molecule has 0 spiro atoms. The zero-order chi connectivity index (χ0) is 29.7. The Morgan fingerprint density at radius 1 is 1.18 bits per heavy atom. The molecule has 16 heteroatoms. The lowest BCUT2D eigenvalue weighted by atomic mass is 9.70. The van der Waals surface area contributed by atoms with Crippen LogP contribution in [-0.4, -0.2) is 71.8 Å². The van der Waals surface area contributed by atoms with Gasteiger partial charge in [-0.2, -0.15) is 18.2 Å². The van der Waals surface area contributed by atoms with Crippen LogP contribution in [0.1, 0.15) is 60.2 Å². The van der Waals surface area contributed by atoms with Crippen molar-refractivity contribution < 1.29 is 47.3 Å². The van der Waals surface area contributed by atoms with Crippen molar-refractivity contribution in [3.8, 4) is 0 Å². The topological polar surface area (TPSA) is 184 Å². The van der Waals surface area contributed by atoms with Crippen LogP contribution in [0.4, 0.5) is 18.0 Å². The van der Waals surface area contributed by atoms with Crippen LogP contribution in [0.15, 0.2) is 5.16 Å². The van der Waals surface area contributed by atoms with Crippen molar-refractivity contribution in [1.29, 1.82) is 0 Å². The van der Waals surface area contributed by atoms with E-state index < -0.39 is 81.5 Å². The third-order valence-corrected chi connectivity index (χ3v) is 8.78. The summed E-state index contributed by atoms with van der Waals surface area (Å²) in [6.45, 7) is 9.43. The molecule has 5 N–H and O–H groups in total.